The molecule has 0 aliphatic carbocycles. The lowest BCUT2D eigenvalue weighted by atomic mass is 9.85. The van der Waals surface area contributed by atoms with Gasteiger partial charge in [-0.2, -0.15) is 8.42 Å². The minimum Gasteiger partial charge on any atom is -0.507 e. The number of rotatable bonds is 6. The van der Waals surface area contributed by atoms with Gasteiger partial charge in [-0.3, -0.25) is 4.79 Å². The van der Waals surface area contributed by atoms with Gasteiger partial charge in [0.1, 0.15) is 17.2 Å². The van der Waals surface area contributed by atoms with Crippen LogP contribution in [0.1, 0.15) is 49.3 Å². The highest BCUT2D eigenvalue weighted by atomic mass is 32.1. The number of carbonyl (C=O) groups is 1. The normalized spacial score (nSPS) is 18.5. The predicted molar refractivity (Wildman–Crippen MR) is 127 cm³/mol. The van der Waals surface area contributed by atoms with Crippen molar-refractivity contribution in [3.63, 3.8) is 0 Å². The van der Waals surface area contributed by atoms with Crippen LogP contribution < -0.4 is 9.47 Å². The maximum atomic E-state index is 13.3. The van der Waals surface area contributed by atoms with E-state index < -0.39 is 11.6 Å². The van der Waals surface area contributed by atoms with Crippen LogP contribution in [0.5, 0.6) is 17.2 Å². The zero-order chi connectivity index (χ0) is 24.5. The fraction of sp³-hybridized carbons (Fsp3) is 0.480. The van der Waals surface area contributed by atoms with Crippen molar-refractivity contribution in [1.82, 2.24) is 4.90 Å². The Morgan fingerprint density at radius 1 is 1.09 bits per heavy atom. The smallest absolute Gasteiger partial charge is 0.335 e. The van der Waals surface area contributed by atoms with Crippen LogP contribution in [0, 0.1) is 18.8 Å². The highest BCUT2D eigenvalue weighted by Crippen LogP contribution is 2.43. The van der Waals surface area contributed by atoms with Crippen molar-refractivity contribution in [3.05, 3.63) is 53.1 Å². The highest BCUT2D eigenvalue weighted by Gasteiger charge is 2.30. The van der Waals surface area contributed by atoms with Crippen LogP contribution in [0.25, 0.3) is 0 Å². The number of methoxy groups -OCH3 is 2. The van der Waals surface area contributed by atoms with E-state index in [1.54, 1.807) is 26.4 Å². The van der Waals surface area contributed by atoms with E-state index in [1.807, 2.05) is 36.1 Å². The van der Waals surface area contributed by atoms with Crippen molar-refractivity contribution in [2.24, 2.45) is 11.8 Å². The summed E-state index contributed by atoms with van der Waals surface area (Å²) in [6.45, 7) is 8.01. The van der Waals surface area contributed by atoms with E-state index in [1.165, 1.54) is 0 Å². The largest absolute Gasteiger partial charge is 0.507 e. The maximum absolute atomic E-state index is 13.3. The summed E-state index contributed by atoms with van der Waals surface area (Å²) in [5.74, 6) is 1.90. The molecule has 0 spiro atoms. The summed E-state index contributed by atoms with van der Waals surface area (Å²) < 4.78 is 27.5. The molecule has 1 N–H and O–H groups in total. The number of benzene rings is 2. The van der Waals surface area contributed by atoms with Gasteiger partial charge in [-0.1, -0.05) is 43.7 Å². The van der Waals surface area contributed by atoms with E-state index in [-0.39, 0.29) is 24.0 Å². The lowest BCUT2D eigenvalue weighted by Gasteiger charge is -2.36. The molecule has 180 valence electrons. The summed E-state index contributed by atoms with van der Waals surface area (Å²) in [5.41, 5.74) is 2.74. The molecule has 2 aromatic carbocycles. The molecular weight excluding hydrogens is 442 g/mol. The SMILES string of the molecule is COc1cc(O)c(C(CC(=O)N2CC(C)CC(C)C2)c2ccc(C)cc2)c(OC)c1.O=S=O. The summed E-state index contributed by atoms with van der Waals surface area (Å²) in [5, 5.41) is 10.8. The van der Waals surface area contributed by atoms with Gasteiger partial charge in [0, 0.05) is 43.1 Å². The van der Waals surface area contributed by atoms with Gasteiger partial charge in [0.15, 0.2) is 0 Å². The van der Waals surface area contributed by atoms with E-state index in [0.29, 0.717) is 28.9 Å². The Bertz CT molecular complexity index is 962. The predicted octanol–water partition coefficient (Wildman–Crippen LogP) is 4.07. The second-order valence-electron chi connectivity index (χ2n) is 8.74. The first-order valence-corrected chi connectivity index (χ1v) is 11.6. The summed E-state index contributed by atoms with van der Waals surface area (Å²) in [7, 11) is 3.12. The molecule has 1 amide bonds. The van der Waals surface area contributed by atoms with Crippen LogP contribution in [-0.2, 0) is 16.4 Å². The number of phenolic OH excluding ortho intramolecular Hbond substituents is 1. The number of carbonyl (C=O) groups excluding carboxylic acids is 1. The molecule has 1 aliphatic heterocycles. The average Bonchev–Trinajstić information content (AvgIpc) is 2.77. The van der Waals surface area contributed by atoms with Gasteiger partial charge in [0.25, 0.3) is 0 Å². The molecule has 3 unspecified atom stereocenters. The number of hydrogen-bond acceptors (Lipinski definition) is 6. The molecule has 1 aliphatic rings. The standard InChI is InChI=1S/C25H33NO4.O2S/c1-16-6-8-19(9-7-16)21(13-24(28)26-14-17(2)10-18(3)15-26)25-22(27)11-20(29-4)12-23(25)30-5;1-3-2/h6-9,11-12,17-18,21,27H,10,13-15H2,1-5H3;. The lowest BCUT2D eigenvalue weighted by Crippen LogP contribution is -2.43. The van der Waals surface area contributed by atoms with E-state index in [0.717, 1.165) is 30.6 Å². The first-order chi connectivity index (χ1) is 15.7. The number of ether oxygens (including phenoxy) is 2. The van der Waals surface area contributed by atoms with Gasteiger partial charge in [0.2, 0.25) is 5.91 Å². The van der Waals surface area contributed by atoms with Crippen LogP contribution in [-0.4, -0.2) is 51.6 Å². The van der Waals surface area contributed by atoms with Gasteiger partial charge in [-0.05, 0) is 30.7 Å². The number of likely N-dealkylation sites (tertiary alicyclic amines) is 1. The monoisotopic (exact) mass is 475 g/mol. The molecule has 1 saturated heterocycles. The van der Waals surface area contributed by atoms with Crippen molar-refractivity contribution < 1.29 is 27.8 Å². The van der Waals surface area contributed by atoms with Crippen LogP contribution in [0.15, 0.2) is 36.4 Å². The molecule has 1 heterocycles. The van der Waals surface area contributed by atoms with E-state index in [2.05, 4.69) is 13.8 Å². The zero-order valence-corrected chi connectivity index (χ0v) is 20.7. The van der Waals surface area contributed by atoms with Crippen LogP contribution >= 0.6 is 0 Å². The highest BCUT2D eigenvalue weighted by molar-refractivity contribution is 7.51. The fourth-order valence-corrected chi connectivity index (χ4v) is 4.58. The number of hydrogen-bond donors (Lipinski definition) is 1. The summed E-state index contributed by atoms with van der Waals surface area (Å²) in [6, 6.07) is 11.5. The second kappa shape index (κ2) is 12.4. The molecular formula is C25H33NO6S. The first kappa shape index (κ1) is 26.4. The molecule has 0 radical (unpaired) electrons. The summed E-state index contributed by atoms with van der Waals surface area (Å²) in [6.07, 6.45) is 1.43. The van der Waals surface area contributed by atoms with Gasteiger partial charge in [-0.25, -0.2) is 0 Å². The Kier molecular flexibility index (Phi) is 9.91. The molecule has 7 nitrogen and oxygen atoms in total. The van der Waals surface area contributed by atoms with Crippen molar-refractivity contribution in [3.8, 4) is 17.2 Å². The number of piperidine rings is 1. The molecule has 3 atom stereocenters. The molecule has 0 bridgehead atoms. The topological polar surface area (TPSA) is 93.1 Å². The summed E-state index contributed by atoms with van der Waals surface area (Å²) in [4.78, 5) is 15.3. The van der Waals surface area contributed by atoms with Crippen LogP contribution in [0.4, 0.5) is 0 Å². The minimum absolute atomic E-state index is 0.0740. The molecule has 33 heavy (non-hydrogen) atoms. The number of phenols is 1. The van der Waals surface area contributed by atoms with E-state index in [4.69, 9.17) is 17.9 Å². The number of nitrogens with zero attached hydrogens (tertiary/aromatic N) is 1. The Hall–Kier alpha value is -2.87. The third kappa shape index (κ3) is 7.05. The van der Waals surface area contributed by atoms with E-state index in [9.17, 15) is 9.90 Å². The molecule has 3 rings (SSSR count). The Labute approximate surface area is 199 Å². The van der Waals surface area contributed by atoms with Gasteiger partial charge >= 0.3 is 11.6 Å². The molecule has 8 heteroatoms. The fourth-order valence-electron chi connectivity index (χ4n) is 4.58. The Balaban J connectivity index is 0.00000122. The maximum Gasteiger partial charge on any atom is 0.335 e. The number of amides is 1. The van der Waals surface area contributed by atoms with Gasteiger partial charge in [0.05, 0.1) is 14.2 Å². The van der Waals surface area contributed by atoms with E-state index >= 15 is 0 Å². The van der Waals surface area contributed by atoms with Crippen molar-refractivity contribution in [2.45, 2.75) is 39.5 Å². The number of aryl methyl sites for hydroxylation is 1. The molecule has 0 aromatic heterocycles. The average molecular weight is 476 g/mol. The van der Waals surface area contributed by atoms with Gasteiger partial charge in [-0.15, -0.1) is 0 Å². The van der Waals surface area contributed by atoms with Crippen molar-refractivity contribution in [1.29, 1.82) is 0 Å². The van der Waals surface area contributed by atoms with Crippen molar-refractivity contribution in [2.75, 3.05) is 27.3 Å². The minimum atomic E-state index is -0.750. The van der Waals surface area contributed by atoms with Crippen LogP contribution in [0.2, 0.25) is 0 Å². The van der Waals surface area contributed by atoms with Crippen LogP contribution in [0.3, 0.4) is 0 Å². The quantitative estimate of drug-likeness (QED) is 0.677. The second-order valence-corrected chi connectivity index (χ2v) is 8.88. The summed E-state index contributed by atoms with van der Waals surface area (Å²) >= 11 is -0.750. The molecule has 2 aromatic rings. The first-order valence-electron chi connectivity index (χ1n) is 10.9. The number of aromatic hydroxyl groups is 1. The van der Waals surface area contributed by atoms with Gasteiger partial charge < -0.3 is 19.5 Å². The molecule has 0 saturated carbocycles. The molecule has 1 fully saturated rings. The lowest BCUT2D eigenvalue weighted by molar-refractivity contribution is -0.134. The third-order valence-corrected chi connectivity index (χ3v) is 5.98. The van der Waals surface area contributed by atoms with Crippen molar-refractivity contribution >= 4 is 17.5 Å². The Morgan fingerprint density at radius 3 is 2.18 bits per heavy atom. The Morgan fingerprint density at radius 2 is 1.67 bits per heavy atom. The third-order valence-electron chi connectivity index (χ3n) is 5.98. The zero-order valence-electron chi connectivity index (χ0n) is 19.9.